The molecule has 1 aliphatic carbocycles. The van der Waals surface area contributed by atoms with Gasteiger partial charge in [0.2, 0.25) is 0 Å². The average molecular weight is 222 g/mol. The van der Waals surface area contributed by atoms with Gasteiger partial charge >= 0.3 is 0 Å². The fraction of sp³-hybridized carbons (Fsp3) is 1.00. The predicted octanol–water partition coefficient (Wildman–Crippen LogP) is 2.35. The molecule has 2 aliphatic heterocycles. The lowest BCUT2D eigenvalue weighted by Gasteiger charge is -2.30. The Labute approximate surface area is 100.0 Å². The van der Waals surface area contributed by atoms with Gasteiger partial charge in [0.1, 0.15) is 0 Å². The maximum atomic E-state index is 2.76. The van der Waals surface area contributed by atoms with Crippen molar-refractivity contribution in [2.24, 2.45) is 5.92 Å². The zero-order valence-electron chi connectivity index (χ0n) is 10.5. The maximum Gasteiger partial charge on any atom is 0.0223 e. The molecule has 1 unspecified atom stereocenters. The fourth-order valence-corrected chi connectivity index (χ4v) is 3.63. The molecule has 3 rings (SSSR count). The van der Waals surface area contributed by atoms with Crippen molar-refractivity contribution in [3.05, 3.63) is 0 Å². The molecule has 16 heavy (non-hydrogen) atoms. The van der Waals surface area contributed by atoms with Gasteiger partial charge in [0, 0.05) is 12.6 Å². The van der Waals surface area contributed by atoms with Gasteiger partial charge in [-0.1, -0.05) is 19.3 Å². The van der Waals surface area contributed by atoms with E-state index in [9.17, 15) is 0 Å². The number of fused-ring (bicyclic) bond motifs is 1. The molecule has 0 amide bonds. The summed E-state index contributed by atoms with van der Waals surface area (Å²) in [5.41, 5.74) is 0. The maximum absolute atomic E-state index is 2.76. The molecule has 3 aliphatic rings. The van der Waals surface area contributed by atoms with Crippen molar-refractivity contribution >= 4 is 0 Å². The van der Waals surface area contributed by atoms with Gasteiger partial charge in [-0.2, -0.15) is 0 Å². The van der Waals surface area contributed by atoms with Crippen molar-refractivity contribution in [3.8, 4) is 0 Å². The molecule has 2 heteroatoms. The minimum Gasteiger partial charge on any atom is -0.302 e. The summed E-state index contributed by atoms with van der Waals surface area (Å²) in [4.78, 5) is 5.50. The first-order valence-electron chi connectivity index (χ1n) is 7.38. The Morgan fingerprint density at radius 2 is 1.75 bits per heavy atom. The van der Waals surface area contributed by atoms with Crippen molar-refractivity contribution in [1.82, 2.24) is 9.80 Å². The summed E-state index contributed by atoms with van der Waals surface area (Å²) in [6, 6.07) is 0.906. The van der Waals surface area contributed by atoms with Gasteiger partial charge in [-0.3, -0.25) is 4.90 Å². The molecule has 0 bridgehead atoms. The van der Waals surface area contributed by atoms with E-state index in [-0.39, 0.29) is 0 Å². The smallest absolute Gasteiger partial charge is 0.0223 e. The van der Waals surface area contributed by atoms with Crippen LogP contribution >= 0.6 is 0 Å². The number of nitrogens with zero attached hydrogens (tertiary/aromatic N) is 2. The Morgan fingerprint density at radius 3 is 2.56 bits per heavy atom. The van der Waals surface area contributed by atoms with Gasteiger partial charge in [0.05, 0.1) is 0 Å². The third kappa shape index (κ3) is 2.43. The van der Waals surface area contributed by atoms with Gasteiger partial charge in [0.15, 0.2) is 0 Å². The SMILES string of the molecule is C1CC(CCN2CCCN3CCCC3C2)C1. The first-order valence-corrected chi connectivity index (χ1v) is 7.38. The van der Waals surface area contributed by atoms with Gasteiger partial charge in [-0.25, -0.2) is 0 Å². The lowest BCUT2D eigenvalue weighted by Crippen LogP contribution is -2.37. The summed E-state index contributed by atoms with van der Waals surface area (Å²) in [6.07, 6.45) is 10.3. The van der Waals surface area contributed by atoms with E-state index in [0.29, 0.717) is 0 Å². The van der Waals surface area contributed by atoms with Gasteiger partial charge < -0.3 is 4.90 Å². The molecule has 1 saturated carbocycles. The van der Waals surface area contributed by atoms with E-state index in [1.165, 1.54) is 77.7 Å². The summed E-state index contributed by atoms with van der Waals surface area (Å²) < 4.78 is 0. The second-order valence-corrected chi connectivity index (χ2v) is 6.07. The van der Waals surface area contributed by atoms with E-state index >= 15 is 0 Å². The van der Waals surface area contributed by atoms with Crippen LogP contribution in [0, 0.1) is 5.92 Å². The zero-order chi connectivity index (χ0) is 10.8. The monoisotopic (exact) mass is 222 g/mol. The molecule has 2 heterocycles. The molecular formula is C14H26N2. The van der Waals surface area contributed by atoms with Crippen LogP contribution in [-0.4, -0.2) is 48.6 Å². The van der Waals surface area contributed by atoms with Gasteiger partial charge in [-0.05, 0) is 57.8 Å². The third-order valence-electron chi connectivity index (χ3n) is 4.97. The molecule has 0 aromatic carbocycles. The minimum absolute atomic E-state index is 0.906. The average Bonchev–Trinajstić information content (AvgIpc) is 2.55. The van der Waals surface area contributed by atoms with E-state index in [1.807, 2.05) is 0 Å². The van der Waals surface area contributed by atoms with E-state index in [2.05, 4.69) is 9.80 Å². The predicted molar refractivity (Wildman–Crippen MR) is 67.6 cm³/mol. The van der Waals surface area contributed by atoms with Crippen molar-refractivity contribution in [2.45, 2.75) is 51.0 Å². The van der Waals surface area contributed by atoms with Crippen LogP contribution in [0.25, 0.3) is 0 Å². The van der Waals surface area contributed by atoms with Crippen molar-refractivity contribution in [3.63, 3.8) is 0 Å². The highest BCUT2D eigenvalue weighted by Crippen LogP contribution is 2.30. The van der Waals surface area contributed by atoms with Gasteiger partial charge in [-0.15, -0.1) is 0 Å². The molecule has 0 aromatic rings. The van der Waals surface area contributed by atoms with Crippen LogP contribution < -0.4 is 0 Å². The normalized spacial score (nSPS) is 33.4. The van der Waals surface area contributed by atoms with Crippen molar-refractivity contribution in [2.75, 3.05) is 32.7 Å². The van der Waals surface area contributed by atoms with Crippen LogP contribution in [0.5, 0.6) is 0 Å². The second kappa shape index (κ2) is 5.05. The van der Waals surface area contributed by atoms with Crippen LogP contribution in [0.1, 0.15) is 44.9 Å². The Bertz CT molecular complexity index is 225. The molecule has 0 radical (unpaired) electrons. The molecule has 92 valence electrons. The summed E-state index contributed by atoms with van der Waals surface area (Å²) in [5, 5.41) is 0. The largest absolute Gasteiger partial charge is 0.302 e. The summed E-state index contributed by atoms with van der Waals surface area (Å²) in [5.74, 6) is 1.09. The standard InChI is InChI=1S/C14H26N2/c1-4-13(5-1)7-11-15-8-3-10-16-9-2-6-14(16)12-15/h13-14H,1-12H2. The number of rotatable bonds is 3. The summed E-state index contributed by atoms with van der Waals surface area (Å²) >= 11 is 0. The highest BCUT2D eigenvalue weighted by Gasteiger charge is 2.29. The molecule has 0 N–H and O–H groups in total. The molecule has 2 nitrogen and oxygen atoms in total. The fourth-order valence-electron chi connectivity index (χ4n) is 3.63. The second-order valence-electron chi connectivity index (χ2n) is 6.07. The van der Waals surface area contributed by atoms with Crippen LogP contribution in [0.3, 0.4) is 0 Å². The first kappa shape index (κ1) is 11.0. The molecule has 3 fully saturated rings. The van der Waals surface area contributed by atoms with Crippen LogP contribution in [-0.2, 0) is 0 Å². The quantitative estimate of drug-likeness (QED) is 0.723. The lowest BCUT2D eigenvalue weighted by molar-refractivity contribution is 0.192. The molecule has 2 saturated heterocycles. The highest BCUT2D eigenvalue weighted by atomic mass is 15.3. The van der Waals surface area contributed by atoms with Crippen LogP contribution in [0.4, 0.5) is 0 Å². The van der Waals surface area contributed by atoms with Crippen LogP contribution in [0.2, 0.25) is 0 Å². The van der Waals surface area contributed by atoms with E-state index < -0.39 is 0 Å². The van der Waals surface area contributed by atoms with Crippen molar-refractivity contribution in [1.29, 1.82) is 0 Å². The Hall–Kier alpha value is -0.0800. The minimum atomic E-state index is 0.906. The first-order chi connectivity index (χ1) is 7.92. The Morgan fingerprint density at radius 1 is 0.875 bits per heavy atom. The van der Waals surface area contributed by atoms with E-state index in [4.69, 9.17) is 0 Å². The van der Waals surface area contributed by atoms with Gasteiger partial charge in [0.25, 0.3) is 0 Å². The Balaban J connectivity index is 1.46. The molecular weight excluding hydrogens is 196 g/mol. The summed E-state index contributed by atoms with van der Waals surface area (Å²) in [7, 11) is 0. The zero-order valence-corrected chi connectivity index (χ0v) is 10.5. The molecule has 1 atom stereocenters. The highest BCUT2D eigenvalue weighted by molar-refractivity contribution is 4.85. The Kier molecular flexibility index (Phi) is 3.49. The van der Waals surface area contributed by atoms with E-state index in [1.54, 1.807) is 0 Å². The summed E-state index contributed by atoms with van der Waals surface area (Å²) in [6.45, 7) is 6.85. The van der Waals surface area contributed by atoms with Crippen LogP contribution in [0.15, 0.2) is 0 Å². The number of hydrogen-bond acceptors (Lipinski definition) is 2. The molecule has 0 spiro atoms. The topological polar surface area (TPSA) is 6.48 Å². The van der Waals surface area contributed by atoms with Crippen molar-refractivity contribution < 1.29 is 0 Å². The van der Waals surface area contributed by atoms with E-state index in [0.717, 1.165) is 12.0 Å². The number of hydrogen-bond donors (Lipinski definition) is 0. The third-order valence-corrected chi connectivity index (χ3v) is 4.97. The lowest BCUT2D eigenvalue weighted by atomic mass is 9.83. The molecule has 0 aromatic heterocycles.